The number of carbonyl (C=O) groups excluding carboxylic acids is 3. The van der Waals surface area contributed by atoms with Gasteiger partial charge in [-0.1, -0.05) is 12.1 Å². The Hall–Kier alpha value is -4.45. The molecule has 0 aliphatic heterocycles. The van der Waals surface area contributed by atoms with Gasteiger partial charge in [-0.2, -0.15) is 0 Å². The summed E-state index contributed by atoms with van der Waals surface area (Å²) in [6.45, 7) is -0.416. The zero-order valence-corrected chi connectivity index (χ0v) is 21.6. The van der Waals surface area contributed by atoms with Gasteiger partial charge in [-0.05, 0) is 60.2 Å². The lowest BCUT2D eigenvalue weighted by Crippen LogP contribution is -2.29. The van der Waals surface area contributed by atoms with Gasteiger partial charge in [0, 0.05) is 5.69 Å². The van der Waals surface area contributed by atoms with Gasteiger partial charge in [-0.25, -0.2) is 22.4 Å². The number of anilines is 2. The maximum atomic E-state index is 13.2. The van der Waals surface area contributed by atoms with Crippen molar-refractivity contribution in [1.82, 2.24) is 0 Å². The third kappa shape index (κ3) is 7.53. The van der Waals surface area contributed by atoms with E-state index in [9.17, 15) is 27.2 Å². The molecular formula is C26H25FN2O8S. The van der Waals surface area contributed by atoms with E-state index < -0.39 is 40.3 Å². The Labute approximate surface area is 219 Å². The molecule has 200 valence electrons. The predicted octanol–water partition coefficient (Wildman–Crippen LogP) is 3.38. The van der Waals surface area contributed by atoms with Crippen LogP contribution < -0.4 is 14.4 Å². The van der Waals surface area contributed by atoms with Crippen molar-refractivity contribution in [2.45, 2.75) is 6.54 Å². The van der Waals surface area contributed by atoms with Gasteiger partial charge in [0.1, 0.15) is 11.6 Å². The van der Waals surface area contributed by atoms with Crippen molar-refractivity contribution in [2.24, 2.45) is 0 Å². The smallest absolute Gasteiger partial charge is 0.337 e. The summed E-state index contributed by atoms with van der Waals surface area (Å²) < 4.78 is 53.9. The van der Waals surface area contributed by atoms with Gasteiger partial charge in [0.05, 0.1) is 43.8 Å². The van der Waals surface area contributed by atoms with Gasteiger partial charge in [-0.3, -0.25) is 9.10 Å². The molecule has 12 heteroatoms. The molecule has 0 atom stereocenters. The van der Waals surface area contributed by atoms with E-state index in [0.29, 0.717) is 11.3 Å². The minimum absolute atomic E-state index is 0.0000761. The number of hydrogen-bond donors (Lipinski definition) is 1. The molecule has 38 heavy (non-hydrogen) atoms. The number of nitrogens with one attached hydrogen (secondary N) is 1. The number of methoxy groups -OCH3 is 2. The van der Waals surface area contributed by atoms with Crippen molar-refractivity contribution in [3.05, 3.63) is 89.2 Å². The van der Waals surface area contributed by atoms with E-state index in [1.54, 1.807) is 0 Å². The Morgan fingerprint density at radius 2 is 1.42 bits per heavy atom. The summed E-state index contributed by atoms with van der Waals surface area (Å²) in [5.74, 6) is -2.13. The molecule has 10 nitrogen and oxygen atoms in total. The Morgan fingerprint density at radius 1 is 0.868 bits per heavy atom. The lowest BCUT2D eigenvalue weighted by Gasteiger charge is -2.22. The topological polar surface area (TPSA) is 128 Å². The van der Waals surface area contributed by atoms with Gasteiger partial charge in [0.25, 0.3) is 5.91 Å². The van der Waals surface area contributed by atoms with Gasteiger partial charge < -0.3 is 19.5 Å². The van der Waals surface area contributed by atoms with E-state index >= 15 is 0 Å². The second kappa shape index (κ2) is 12.2. The Kier molecular flexibility index (Phi) is 9.02. The standard InChI is InChI=1S/C26H25FN2O8S/c1-35-25(31)18-12-19(26(32)36-2)14-21(13-18)28-24(30)16-37-23-10-8-22(9-11-23)29(38(3,33)34)15-17-4-6-20(27)7-5-17/h4-14H,15-16H2,1-3H3,(H,28,30). The highest BCUT2D eigenvalue weighted by Crippen LogP contribution is 2.24. The number of ether oxygens (including phenoxy) is 3. The van der Waals surface area contributed by atoms with Gasteiger partial charge in [-0.15, -0.1) is 0 Å². The second-order valence-corrected chi connectivity index (χ2v) is 9.92. The zero-order chi connectivity index (χ0) is 27.9. The number of nitrogens with zero attached hydrogens (tertiary/aromatic N) is 1. The molecule has 0 heterocycles. The lowest BCUT2D eigenvalue weighted by atomic mass is 10.1. The average Bonchev–Trinajstić information content (AvgIpc) is 2.90. The minimum Gasteiger partial charge on any atom is -0.484 e. The molecule has 0 saturated heterocycles. The van der Waals surface area contributed by atoms with Crippen LogP contribution in [0.4, 0.5) is 15.8 Å². The molecule has 0 aliphatic carbocycles. The fourth-order valence-corrected chi connectivity index (χ4v) is 4.27. The summed E-state index contributed by atoms with van der Waals surface area (Å²) >= 11 is 0. The first-order valence-electron chi connectivity index (χ1n) is 11.1. The number of benzene rings is 3. The molecule has 0 radical (unpaired) electrons. The largest absolute Gasteiger partial charge is 0.484 e. The molecular weight excluding hydrogens is 519 g/mol. The number of sulfonamides is 1. The quantitative estimate of drug-likeness (QED) is 0.385. The number of amides is 1. The monoisotopic (exact) mass is 544 g/mol. The molecule has 0 fully saturated rings. The van der Waals surface area contributed by atoms with Crippen LogP contribution in [-0.2, 0) is 30.8 Å². The van der Waals surface area contributed by atoms with Crippen molar-refractivity contribution >= 4 is 39.2 Å². The lowest BCUT2D eigenvalue weighted by molar-refractivity contribution is -0.118. The molecule has 3 aromatic carbocycles. The zero-order valence-electron chi connectivity index (χ0n) is 20.8. The van der Waals surface area contributed by atoms with Gasteiger partial charge in [0.15, 0.2) is 6.61 Å². The Bertz CT molecular complexity index is 1390. The highest BCUT2D eigenvalue weighted by molar-refractivity contribution is 7.92. The molecule has 0 spiro atoms. The molecule has 0 unspecified atom stereocenters. The summed E-state index contributed by atoms with van der Waals surface area (Å²) in [7, 11) is -1.29. The molecule has 1 N–H and O–H groups in total. The van der Waals surface area contributed by atoms with Crippen LogP contribution in [0.3, 0.4) is 0 Å². The van der Waals surface area contributed by atoms with Crippen LogP contribution in [-0.4, -0.2) is 53.3 Å². The Balaban J connectivity index is 1.68. The third-order valence-corrected chi connectivity index (χ3v) is 6.33. The van der Waals surface area contributed by atoms with E-state index in [0.717, 1.165) is 10.6 Å². The van der Waals surface area contributed by atoms with Crippen molar-refractivity contribution < 1.29 is 41.4 Å². The summed E-state index contributed by atoms with van der Waals surface area (Å²) in [5, 5.41) is 2.54. The summed E-state index contributed by atoms with van der Waals surface area (Å²) in [5.41, 5.74) is 1.18. The van der Waals surface area contributed by atoms with Crippen molar-refractivity contribution in [3.8, 4) is 5.75 Å². The molecule has 1 amide bonds. The van der Waals surface area contributed by atoms with Crippen molar-refractivity contribution in [1.29, 1.82) is 0 Å². The van der Waals surface area contributed by atoms with E-state index in [-0.39, 0.29) is 29.1 Å². The van der Waals surface area contributed by atoms with Crippen LogP contribution in [0.1, 0.15) is 26.3 Å². The van der Waals surface area contributed by atoms with Crippen molar-refractivity contribution in [2.75, 3.05) is 36.7 Å². The Morgan fingerprint density at radius 3 is 1.92 bits per heavy atom. The first kappa shape index (κ1) is 28.1. The fourth-order valence-electron chi connectivity index (χ4n) is 3.38. The summed E-state index contributed by atoms with van der Waals surface area (Å²) in [4.78, 5) is 36.3. The van der Waals surface area contributed by atoms with Crippen LogP contribution in [0.5, 0.6) is 5.75 Å². The average molecular weight is 545 g/mol. The van der Waals surface area contributed by atoms with E-state index in [1.807, 2.05) is 0 Å². The highest BCUT2D eigenvalue weighted by Gasteiger charge is 2.19. The van der Waals surface area contributed by atoms with Gasteiger partial charge >= 0.3 is 11.9 Å². The minimum atomic E-state index is -3.65. The first-order valence-corrected chi connectivity index (χ1v) is 12.9. The number of esters is 2. The number of carbonyl (C=O) groups is 3. The van der Waals surface area contributed by atoms with E-state index in [1.165, 1.54) is 80.9 Å². The third-order valence-electron chi connectivity index (χ3n) is 5.19. The molecule has 0 aromatic heterocycles. The maximum Gasteiger partial charge on any atom is 0.337 e. The predicted molar refractivity (Wildman–Crippen MR) is 137 cm³/mol. The molecule has 0 saturated carbocycles. The molecule has 3 rings (SSSR count). The number of hydrogen-bond acceptors (Lipinski definition) is 8. The molecule has 0 aliphatic rings. The summed E-state index contributed by atoms with van der Waals surface area (Å²) in [6, 6.07) is 15.5. The van der Waals surface area contributed by atoms with Crippen molar-refractivity contribution in [3.63, 3.8) is 0 Å². The van der Waals surface area contributed by atoms with Gasteiger partial charge in [0.2, 0.25) is 10.0 Å². The van der Waals surface area contributed by atoms with E-state index in [2.05, 4.69) is 14.8 Å². The van der Waals surface area contributed by atoms with Crippen LogP contribution in [0.15, 0.2) is 66.7 Å². The maximum absolute atomic E-state index is 13.2. The molecule has 0 bridgehead atoms. The van der Waals surface area contributed by atoms with Crippen LogP contribution in [0.25, 0.3) is 0 Å². The van der Waals surface area contributed by atoms with Crippen LogP contribution >= 0.6 is 0 Å². The fraction of sp³-hybridized carbons (Fsp3) is 0.192. The number of halogens is 1. The van der Waals surface area contributed by atoms with E-state index in [4.69, 9.17) is 4.74 Å². The van der Waals surface area contributed by atoms with Crippen LogP contribution in [0, 0.1) is 5.82 Å². The summed E-state index contributed by atoms with van der Waals surface area (Å²) in [6.07, 6.45) is 1.06. The highest BCUT2D eigenvalue weighted by atomic mass is 32.2. The second-order valence-electron chi connectivity index (χ2n) is 8.01. The molecule has 3 aromatic rings. The SMILES string of the molecule is COC(=O)c1cc(NC(=O)COc2ccc(N(Cc3ccc(F)cc3)S(C)(=O)=O)cc2)cc(C(=O)OC)c1. The number of rotatable bonds is 10. The van der Waals surface area contributed by atoms with Crippen LogP contribution in [0.2, 0.25) is 0 Å². The first-order chi connectivity index (χ1) is 18.0. The normalized spacial score (nSPS) is 10.8.